The van der Waals surface area contributed by atoms with Crippen LogP contribution in [0.15, 0.2) is 48.9 Å². The number of hydrogen-bond acceptors (Lipinski definition) is 7. The number of benzene rings is 1. The maximum Gasteiger partial charge on any atom is 0.333 e. The molecule has 0 amide bonds. The number of aromatic nitrogens is 3. The minimum atomic E-state index is -4.05. The number of aliphatic hydroxyl groups is 1. The molecule has 0 radical (unpaired) electrons. The van der Waals surface area contributed by atoms with Gasteiger partial charge in [0.05, 0.1) is 24.1 Å². The Bertz CT molecular complexity index is 1270. The maximum atomic E-state index is 11.1. The van der Waals surface area contributed by atoms with Gasteiger partial charge >= 0.3 is 10.3 Å². The van der Waals surface area contributed by atoms with E-state index in [4.69, 9.17) is 5.14 Å². The first-order chi connectivity index (χ1) is 14.9. The average molecular weight is 442 g/mol. The van der Waals surface area contributed by atoms with Crippen LogP contribution in [-0.2, 0) is 20.9 Å². The zero-order valence-electron chi connectivity index (χ0n) is 16.7. The fraction of sp³-hybridized carbons (Fsp3) is 0.333. The van der Waals surface area contributed by atoms with Crippen molar-refractivity contribution in [3.05, 3.63) is 60.1 Å². The van der Waals surface area contributed by atoms with Crippen LogP contribution in [0.1, 0.15) is 30.0 Å². The summed E-state index contributed by atoms with van der Waals surface area (Å²) in [6.45, 7) is -0.178. The highest BCUT2D eigenvalue weighted by Gasteiger charge is 2.29. The molecule has 9 nitrogen and oxygen atoms in total. The third-order valence-corrected chi connectivity index (χ3v) is 6.46. The van der Waals surface area contributed by atoms with Crippen molar-refractivity contribution >= 4 is 32.9 Å². The topological polar surface area (TPSA) is 132 Å². The zero-order chi connectivity index (χ0) is 21.6. The van der Waals surface area contributed by atoms with Crippen molar-refractivity contribution in [2.45, 2.75) is 31.4 Å². The molecule has 2 aromatic heterocycles. The van der Waals surface area contributed by atoms with E-state index < -0.39 is 22.3 Å². The number of allylic oxidation sites excluding steroid dienone is 1. The minimum absolute atomic E-state index is 0.178. The summed E-state index contributed by atoms with van der Waals surface area (Å²) in [5.41, 5.74) is 4.20. The van der Waals surface area contributed by atoms with Crippen molar-refractivity contribution in [1.82, 2.24) is 14.5 Å². The lowest BCUT2D eigenvalue weighted by molar-refractivity contribution is 0.124. The Kier molecular flexibility index (Phi) is 5.01. The Labute approximate surface area is 179 Å². The van der Waals surface area contributed by atoms with E-state index in [-0.39, 0.29) is 12.6 Å². The SMILES string of the molecule is NS(=O)(=O)OC[C@@H]1CC(n2ccc3c(N[C@H]4CCc5ccccc54)ncnc32)=C[C@@H]1O. The number of nitrogens with zero attached hydrogens (tertiary/aromatic N) is 3. The van der Waals surface area contributed by atoms with E-state index in [2.05, 4.69) is 43.7 Å². The van der Waals surface area contributed by atoms with Crippen molar-refractivity contribution in [3.8, 4) is 0 Å². The third-order valence-electron chi connectivity index (χ3n) is 6.00. The van der Waals surface area contributed by atoms with E-state index in [9.17, 15) is 13.5 Å². The smallest absolute Gasteiger partial charge is 0.333 e. The summed E-state index contributed by atoms with van der Waals surface area (Å²) in [5.74, 6) is 0.360. The first kappa shape index (κ1) is 20.1. The summed E-state index contributed by atoms with van der Waals surface area (Å²) < 4.78 is 28.7. The van der Waals surface area contributed by atoms with E-state index in [1.165, 1.54) is 17.5 Å². The van der Waals surface area contributed by atoms with E-state index in [1.807, 2.05) is 16.8 Å². The standard InChI is InChI=1S/C21H23N5O4S/c22-31(28,29)30-11-14-9-15(10-19(14)27)26-8-7-17-20(23-12-24-21(17)26)25-18-6-5-13-3-1-2-4-16(13)18/h1-4,7-8,10,12,14,18-19,27H,5-6,9,11H2,(H2,22,28,29)(H,23,24,25)/t14-,18-,19-/m0/s1. The fourth-order valence-corrected chi connectivity index (χ4v) is 4.84. The second-order valence-corrected chi connectivity index (χ2v) is 9.19. The third kappa shape index (κ3) is 3.94. The van der Waals surface area contributed by atoms with Crippen molar-refractivity contribution < 1.29 is 17.7 Å². The average Bonchev–Trinajstić information content (AvgIpc) is 3.43. The molecular formula is C21H23N5O4S. The highest BCUT2D eigenvalue weighted by Crippen LogP contribution is 2.36. The molecule has 0 aliphatic heterocycles. The number of nitrogens with two attached hydrogens (primary N) is 1. The largest absolute Gasteiger partial charge is 0.389 e. The highest BCUT2D eigenvalue weighted by molar-refractivity contribution is 7.84. The molecule has 2 heterocycles. The molecule has 10 heteroatoms. The van der Waals surface area contributed by atoms with Crippen LogP contribution < -0.4 is 10.5 Å². The van der Waals surface area contributed by atoms with Crippen LogP contribution in [-0.4, -0.2) is 40.8 Å². The molecule has 0 spiro atoms. The van der Waals surface area contributed by atoms with E-state index in [0.717, 1.165) is 35.4 Å². The van der Waals surface area contributed by atoms with Crippen LogP contribution in [0, 0.1) is 5.92 Å². The summed E-state index contributed by atoms with van der Waals surface area (Å²) in [4.78, 5) is 8.91. The molecule has 0 bridgehead atoms. The van der Waals surface area contributed by atoms with Crippen LogP contribution in [0.5, 0.6) is 0 Å². The molecule has 0 unspecified atom stereocenters. The summed E-state index contributed by atoms with van der Waals surface area (Å²) in [6.07, 6.45) is 6.75. The van der Waals surface area contributed by atoms with Gasteiger partial charge in [-0.2, -0.15) is 8.42 Å². The van der Waals surface area contributed by atoms with Gasteiger partial charge in [0.1, 0.15) is 17.8 Å². The number of nitrogens with one attached hydrogen (secondary N) is 1. The lowest BCUT2D eigenvalue weighted by Crippen LogP contribution is -2.24. The second kappa shape index (κ2) is 7.72. The molecule has 5 rings (SSSR count). The van der Waals surface area contributed by atoms with Gasteiger partial charge in [0.25, 0.3) is 0 Å². The number of hydrogen-bond donors (Lipinski definition) is 3. The molecule has 0 fully saturated rings. The molecule has 4 N–H and O–H groups in total. The van der Waals surface area contributed by atoms with E-state index in [1.54, 1.807) is 6.08 Å². The molecule has 0 saturated carbocycles. The summed E-state index contributed by atoms with van der Waals surface area (Å²) in [5, 5.41) is 19.7. The maximum absolute atomic E-state index is 11.1. The molecular weight excluding hydrogens is 418 g/mol. The Hall–Kier alpha value is -2.79. The normalized spacial score (nSPS) is 23.2. The molecule has 1 aromatic carbocycles. The summed E-state index contributed by atoms with van der Waals surface area (Å²) >= 11 is 0. The van der Waals surface area contributed by atoms with Gasteiger partial charge in [-0.3, -0.25) is 4.18 Å². The molecule has 0 saturated heterocycles. The number of aliphatic hydroxyl groups excluding tert-OH is 1. The zero-order valence-corrected chi connectivity index (χ0v) is 17.5. The van der Waals surface area contributed by atoms with Gasteiger partial charge in [0.15, 0.2) is 0 Å². The fourth-order valence-electron chi connectivity index (χ4n) is 4.48. The van der Waals surface area contributed by atoms with Gasteiger partial charge in [-0.05, 0) is 42.5 Å². The van der Waals surface area contributed by atoms with Crippen molar-refractivity contribution in [1.29, 1.82) is 0 Å². The highest BCUT2D eigenvalue weighted by atomic mass is 32.2. The first-order valence-electron chi connectivity index (χ1n) is 10.1. The van der Waals surface area contributed by atoms with E-state index in [0.29, 0.717) is 6.42 Å². The lowest BCUT2D eigenvalue weighted by Gasteiger charge is -2.16. The Morgan fingerprint density at radius 1 is 1.26 bits per heavy atom. The number of rotatable bonds is 6. The predicted octanol–water partition coefficient (Wildman–Crippen LogP) is 1.97. The van der Waals surface area contributed by atoms with Crippen LogP contribution in [0.4, 0.5) is 5.82 Å². The number of fused-ring (bicyclic) bond motifs is 2. The van der Waals surface area contributed by atoms with Crippen LogP contribution in [0.3, 0.4) is 0 Å². The summed E-state index contributed by atoms with van der Waals surface area (Å²) in [6, 6.07) is 10.6. The van der Waals surface area contributed by atoms with Gasteiger partial charge in [0.2, 0.25) is 0 Å². The molecule has 2 aliphatic rings. The number of anilines is 1. The molecule has 3 aromatic rings. The first-order valence-corrected chi connectivity index (χ1v) is 11.6. The predicted molar refractivity (Wildman–Crippen MR) is 116 cm³/mol. The minimum Gasteiger partial charge on any atom is -0.389 e. The summed E-state index contributed by atoms with van der Waals surface area (Å²) in [7, 11) is -4.05. The molecule has 2 aliphatic carbocycles. The van der Waals surface area contributed by atoms with Gasteiger partial charge in [-0.25, -0.2) is 15.1 Å². The second-order valence-electron chi connectivity index (χ2n) is 7.97. The molecule has 3 atom stereocenters. The Balaban J connectivity index is 1.39. The Morgan fingerprint density at radius 3 is 2.94 bits per heavy atom. The van der Waals surface area contributed by atoms with Crippen molar-refractivity contribution in [2.75, 3.05) is 11.9 Å². The number of aryl methyl sites for hydroxylation is 1. The molecule has 31 heavy (non-hydrogen) atoms. The van der Waals surface area contributed by atoms with Gasteiger partial charge in [-0.1, -0.05) is 24.3 Å². The van der Waals surface area contributed by atoms with E-state index >= 15 is 0 Å². The van der Waals surface area contributed by atoms with Crippen LogP contribution in [0.2, 0.25) is 0 Å². The Morgan fingerprint density at radius 2 is 2.10 bits per heavy atom. The van der Waals surface area contributed by atoms with Gasteiger partial charge < -0.3 is 15.0 Å². The lowest BCUT2D eigenvalue weighted by atomic mass is 10.1. The van der Waals surface area contributed by atoms with Gasteiger partial charge in [0, 0.05) is 17.8 Å². The van der Waals surface area contributed by atoms with Crippen molar-refractivity contribution in [2.24, 2.45) is 11.1 Å². The molecule has 162 valence electrons. The monoisotopic (exact) mass is 441 g/mol. The quantitative estimate of drug-likeness (QED) is 0.533. The van der Waals surface area contributed by atoms with Crippen LogP contribution >= 0.6 is 0 Å². The van der Waals surface area contributed by atoms with Gasteiger partial charge in [-0.15, -0.1) is 0 Å². The van der Waals surface area contributed by atoms with Crippen molar-refractivity contribution in [3.63, 3.8) is 0 Å². The van der Waals surface area contributed by atoms with Crippen LogP contribution in [0.25, 0.3) is 16.7 Å².